The lowest BCUT2D eigenvalue weighted by molar-refractivity contribution is 0.199. The molecule has 68 valence electrons. The van der Waals surface area contributed by atoms with Crippen molar-refractivity contribution in [2.24, 2.45) is 0 Å². The summed E-state index contributed by atoms with van der Waals surface area (Å²) in [6.07, 6.45) is 0.817. The van der Waals surface area contributed by atoms with Crippen LogP contribution in [0.15, 0.2) is 28.9 Å². The molecule has 2 aromatic rings. The number of furan rings is 1. The zero-order valence-corrected chi connectivity index (χ0v) is 7.12. The van der Waals surface area contributed by atoms with Gasteiger partial charge >= 0.3 is 0 Å². The number of benzene rings is 1. The van der Waals surface area contributed by atoms with Gasteiger partial charge in [0.2, 0.25) is 0 Å². The quantitative estimate of drug-likeness (QED) is 0.731. The lowest BCUT2D eigenvalue weighted by Gasteiger charge is -1.99. The molecule has 0 aliphatic carbocycles. The van der Waals surface area contributed by atoms with E-state index in [1.54, 1.807) is 13.0 Å². The second kappa shape index (κ2) is 2.85. The summed E-state index contributed by atoms with van der Waals surface area (Å²) < 4.78 is 18.0. The lowest BCUT2D eigenvalue weighted by Crippen LogP contribution is -1.88. The molecule has 1 aromatic carbocycles. The first kappa shape index (κ1) is 8.26. The largest absolute Gasteiger partial charge is 0.464 e. The van der Waals surface area contributed by atoms with Crippen molar-refractivity contribution in [3.63, 3.8) is 0 Å². The average Bonchev–Trinajstić information content (AvgIpc) is 2.46. The Morgan fingerprint density at radius 3 is 2.92 bits per heavy atom. The molecule has 0 fully saturated rings. The molecular weight excluding hydrogens is 171 g/mol. The minimum Gasteiger partial charge on any atom is -0.464 e. The van der Waals surface area contributed by atoms with Gasteiger partial charge in [-0.25, -0.2) is 4.39 Å². The van der Waals surface area contributed by atoms with E-state index in [-0.39, 0.29) is 5.82 Å². The van der Waals surface area contributed by atoms with Crippen LogP contribution in [-0.4, -0.2) is 5.11 Å². The van der Waals surface area contributed by atoms with Crippen LogP contribution < -0.4 is 0 Å². The van der Waals surface area contributed by atoms with Gasteiger partial charge in [-0.2, -0.15) is 0 Å². The Morgan fingerprint density at radius 2 is 2.23 bits per heavy atom. The van der Waals surface area contributed by atoms with E-state index in [0.29, 0.717) is 16.5 Å². The van der Waals surface area contributed by atoms with Gasteiger partial charge in [0.1, 0.15) is 11.4 Å². The highest BCUT2D eigenvalue weighted by molar-refractivity contribution is 5.81. The third kappa shape index (κ3) is 1.31. The maximum Gasteiger partial charge on any atom is 0.134 e. The first-order valence-electron chi connectivity index (χ1n) is 4.03. The maximum absolute atomic E-state index is 12.8. The van der Waals surface area contributed by atoms with Gasteiger partial charge in [0.15, 0.2) is 0 Å². The standard InChI is InChI=1S/C10H9FO2/c1-6(12)9-5-13-10-3-2-7(11)4-8(9)10/h2-6,12H,1H3. The van der Waals surface area contributed by atoms with E-state index in [4.69, 9.17) is 4.42 Å². The average molecular weight is 180 g/mol. The number of halogens is 1. The third-order valence-corrected chi connectivity index (χ3v) is 2.02. The molecule has 0 amide bonds. The summed E-state index contributed by atoms with van der Waals surface area (Å²) in [6, 6.07) is 4.25. The molecule has 1 atom stereocenters. The number of hydrogen-bond donors (Lipinski definition) is 1. The second-order valence-corrected chi connectivity index (χ2v) is 3.01. The topological polar surface area (TPSA) is 33.4 Å². The molecule has 0 spiro atoms. The normalized spacial score (nSPS) is 13.5. The monoisotopic (exact) mass is 180 g/mol. The summed E-state index contributed by atoms with van der Waals surface area (Å²) in [6.45, 7) is 1.62. The molecule has 1 aromatic heterocycles. The van der Waals surface area contributed by atoms with Crippen LogP contribution in [0.2, 0.25) is 0 Å². The molecule has 13 heavy (non-hydrogen) atoms. The van der Waals surface area contributed by atoms with Gasteiger partial charge in [0.25, 0.3) is 0 Å². The smallest absolute Gasteiger partial charge is 0.134 e. The number of hydrogen-bond acceptors (Lipinski definition) is 2. The zero-order chi connectivity index (χ0) is 9.42. The van der Waals surface area contributed by atoms with Crippen LogP contribution in [-0.2, 0) is 0 Å². The van der Waals surface area contributed by atoms with Crippen molar-refractivity contribution in [2.45, 2.75) is 13.0 Å². The highest BCUT2D eigenvalue weighted by Gasteiger charge is 2.10. The van der Waals surface area contributed by atoms with E-state index in [2.05, 4.69) is 0 Å². The van der Waals surface area contributed by atoms with Crippen LogP contribution in [0.25, 0.3) is 11.0 Å². The van der Waals surface area contributed by atoms with Crippen LogP contribution >= 0.6 is 0 Å². The van der Waals surface area contributed by atoms with Crippen LogP contribution in [0.1, 0.15) is 18.6 Å². The Hall–Kier alpha value is -1.35. The number of rotatable bonds is 1. The first-order chi connectivity index (χ1) is 6.18. The summed E-state index contributed by atoms with van der Waals surface area (Å²) in [7, 11) is 0. The number of fused-ring (bicyclic) bond motifs is 1. The van der Waals surface area contributed by atoms with Crippen molar-refractivity contribution in [1.82, 2.24) is 0 Å². The minimum absolute atomic E-state index is 0.323. The van der Waals surface area contributed by atoms with Gasteiger partial charge in [-0.15, -0.1) is 0 Å². The van der Waals surface area contributed by atoms with Crippen molar-refractivity contribution < 1.29 is 13.9 Å². The summed E-state index contributed by atoms with van der Waals surface area (Å²) in [5.41, 5.74) is 1.21. The van der Waals surface area contributed by atoms with E-state index in [1.807, 2.05) is 0 Å². The van der Waals surface area contributed by atoms with Gasteiger partial charge in [-0.05, 0) is 25.1 Å². The van der Waals surface area contributed by atoms with Crippen LogP contribution in [0.3, 0.4) is 0 Å². The van der Waals surface area contributed by atoms with Crippen molar-refractivity contribution in [1.29, 1.82) is 0 Å². The number of aliphatic hydroxyl groups excluding tert-OH is 1. The fourth-order valence-corrected chi connectivity index (χ4v) is 1.34. The number of aliphatic hydroxyl groups is 1. The molecule has 2 nitrogen and oxygen atoms in total. The summed E-state index contributed by atoms with van der Waals surface area (Å²) in [4.78, 5) is 0. The first-order valence-corrected chi connectivity index (χ1v) is 4.03. The molecule has 0 saturated carbocycles. The predicted octanol–water partition coefficient (Wildman–Crippen LogP) is 2.63. The van der Waals surface area contributed by atoms with Crippen LogP contribution in [0, 0.1) is 5.82 Å². The van der Waals surface area contributed by atoms with Crippen molar-refractivity contribution in [3.8, 4) is 0 Å². The van der Waals surface area contributed by atoms with E-state index in [0.717, 1.165) is 0 Å². The predicted molar refractivity (Wildman–Crippen MR) is 46.8 cm³/mol. The van der Waals surface area contributed by atoms with E-state index >= 15 is 0 Å². The fraction of sp³-hybridized carbons (Fsp3) is 0.200. The van der Waals surface area contributed by atoms with Gasteiger partial charge in [-0.3, -0.25) is 0 Å². The van der Waals surface area contributed by atoms with Gasteiger partial charge in [0, 0.05) is 10.9 Å². The van der Waals surface area contributed by atoms with E-state index in [9.17, 15) is 9.50 Å². The molecule has 3 heteroatoms. The van der Waals surface area contributed by atoms with Gasteiger partial charge in [0.05, 0.1) is 12.4 Å². The van der Waals surface area contributed by atoms with Crippen molar-refractivity contribution >= 4 is 11.0 Å². The molecular formula is C10H9FO2. The Balaban J connectivity index is 2.71. The molecule has 0 bridgehead atoms. The summed E-state index contributed by atoms with van der Waals surface area (Å²) >= 11 is 0. The Kier molecular flexibility index (Phi) is 1.81. The highest BCUT2D eigenvalue weighted by atomic mass is 19.1. The summed E-state index contributed by atoms with van der Waals surface area (Å²) in [5, 5.41) is 9.95. The third-order valence-electron chi connectivity index (χ3n) is 2.02. The molecule has 0 aliphatic rings. The fourth-order valence-electron chi connectivity index (χ4n) is 1.34. The Labute approximate surface area is 74.6 Å². The highest BCUT2D eigenvalue weighted by Crippen LogP contribution is 2.26. The van der Waals surface area contributed by atoms with Gasteiger partial charge < -0.3 is 9.52 Å². The molecule has 1 unspecified atom stereocenters. The van der Waals surface area contributed by atoms with Crippen LogP contribution in [0.4, 0.5) is 4.39 Å². The minimum atomic E-state index is -0.636. The molecule has 0 radical (unpaired) electrons. The molecule has 1 N–H and O–H groups in total. The Morgan fingerprint density at radius 1 is 1.46 bits per heavy atom. The molecule has 2 rings (SSSR count). The maximum atomic E-state index is 12.8. The van der Waals surface area contributed by atoms with Crippen molar-refractivity contribution in [2.75, 3.05) is 0 Å². The summed E-state index contributed by atoms with van der Waals surface area (Å²) in [5.74, 6) is -0.323. The van der Waals surface area contributed by atoms with Gasteiger partial charge in [-0.1, -0.05) is 0 Å². The zero-order valence-electron chi connectivity index (χ0n) is 7.12. The SMILES string of the molecule is CC(O)c1coc2ccc(F)cc12. The molecule has 0 aliphatic heterocycles. The lowest BCUT2D eigenvalue weighted by atomic mass is 10.1. The Bertz CT molecular complexity index is 431. The van der Waals surface area contributed by atoms with Crippen LogP contribution in [0.5, 0.6) is 0 Å². The molecule has 0 saturated heterocycles. The van der Waals surface area contributed by atoms with E-state index < -0.39 is 6.10 Å². The van der Waals surface area contributed by atoms with E-state index in [1.165, 1.54) is 18.4 Å². The van der Waals surface area contributed by atoms with Crippen molar-refractivity contribution in [3.05, 3.63) is 35.8 Å². The molecule has 1 heterocycles. The second-order valence-electron chi connectivity index (χ2n) is 3.01.